The van der Waals surface area contributed by atoms with Crippen LogP contribution in [0.1, 0.15) is 18.5 Å². The van der Waals surface area contributed by atoms with E-state index in [-0.39, 0.29) is 17.0 Å². The molecule has 1 aromatic carbocycles. The van der Waals surface area contributed by atoms with E-state index >= 15 is 0 Å². The van der Waals surface area contributed by atoms with E-state index in [1.54, 1.807) is 35.4 Å². The number of nitrogens with zero attached hydrogens (tertiary/aromatic N) is 3. The van der Waals surface area contributed by atoms with Crippen molar-refractivity contribution < 1.29 is 13.2 Å². The summed E-state index contributed by atoms with van der Waals surface area (Å²) in [5.74, 6) is 0. The average Bonchev–Trinajstić information content (AvgIpc) is 2.68. The Morgan fingerprint density at radius 2 is 1.78 bits per heavy atom. The lowest BCUT2D eigenvalue weighted by Gasteiger charge is -2.36. The predicted molar refractivity (Wildman–Crippen MR) is 105 cm³/mol. The molecule has 0 radical (unpaired) electrons. The van der Waals surface area contributed by atoms with Crippen LogP contribution in [-0.4, -0.2) is 56.8 Å². The molecule has 1 unspecified atom stereocenters. The number of carbonyl (C=O) groups excluding carboxylic acids is 1. The van der Waals surface area contributed by atoms with E-state index in [9.17, 15) is 13.2 Å². The smallest absolute Gasteiger partial charge is 0.317 e. The van der Waals surface area contributed by atoms with Crippen LogP contribution in [0.5, 0.6) is 0 Å². The van der Waals surface area contributed by atoms with Gasteiger partial charge in [0.2, 0.25) is 0 Å². The van der Waals surface area contributed by atoms with Crippen molar-refractivity contribution in [3.05, 3.63) is 54.4 Å². The Morgan fingerprint density at radius 3 is 2.33 bits per heavy atom. The first-order chi connectivity index (χ1) is 12.8. The topological polar surface area (TPSA) is 82.6 Å². The van der Waals surface area contributed by atoms with Gasteiger partial charge >= 0.3 is 6.03 Å². The monoisotopic (exact) mass is 388 g/mol. The Bertz CT molecular complexity index is 877. The summed E-state index contributed by atoms with van der Waals surface area (Å²) in [6, 6.07) is 10.2. The summed E-state index contributed by atoms with van der Waals surface area (Å²) < 4.78 is 23.1. The summed E-state index contributed by atoms with van der Waals surface area (Å²) in [4.78, 5) is 21.0. The number of benzene rings is 1. The van der Waals surface area contributed by atoms with Crippen molar-refractivity contribution in [1.29, 1.82) is 0 Å². The summed E-state index contributed by atoms with van der Waals surface area (Å²) in [5.41, 5.74) is 1.93. The highest BCUT2D eigenvalue weighted by Crippen LogP contribution is 2.18. The Hall–Kier alpha value is -2.61. The van der Waals surface area contributed by atoms with Gasteiger partial charge < -0.3 is 15.1 Å². The number of sulfone groups is 1. The van der Waals surface area contributed by atoms with Crippen LogP contribution in [0.15, 0.2) is 53.7 Å². The number of carbonyl (C=O) groups is 1. The SMILES string of the molecule is CC(NC(=O)N1CCN(c2cccnc2)CC1)c1ccc(S(C)(=O)=O)cc1. The number of aromatic nitrogens is 1. The van der Waals surface area contributed by atoms with Crippen LogP contribution in [0.3, 0.4) is 0 Å². The molecular weight excluding hydrogens is 364 g/mol. The average molecular weight is 388 g/mol. The van der Waals surface area contributed by atoms with Crippen LogP contribution in [0.2, 0.25) is 0 Å². The van der Waals surface area contributed by atoms with Gasteiger partial charge in [-0.25, -0.2) is 13.2 Å². The van der Waals surface area contributed by atoms with Gasteiger partial charge in [0.1, 0.15) is 0 Å². The zero-order chi connectivity index (χ0) is 19.4. The van der Waals surface area contributed by atoms with Gasteiger partial charge in [0.25, 0.3) is 0 Å². The van der Waals surface area contributed by atoms with Crippen molar-refractivity contribution in [2.45, 2.75) is 17.9 Å². The molecule has 0 spiro atoms. The molecule has 1 aliphatic heterocycles. The van der Waals surface area contributed by atoms with Crippen molar-refractivity contribution in [2.75, 3.05) is 37.3 Å². The Balaban J connectivity index is 1.55. The standard InChI is InChI=1S/C19H24N4O3S/c1-15(16-5-7-18(8-6-16)27(2,25)26)21-19(24)23-12-10-22(11-13-23)17-4-3-9-20-14-17/h3-9,14-15H,10-13H2,1-2H3,(H,21,24). The summed E-state index contributed by atoms with van der Waals surface area (Å²) in [6.45, 7) is 4.69. The maximum atomic E-state index is 12.5. The summed E-state index contributed by atoms with van der Waals surface area (Å²) in [7, 11) is -3.22. The van der Waals surface area contributed by atoms with Crippen molar-refractivity contribution in [3.8, 4) is 0 Å². The van der Waals surface area contributed by atoms with Crippen molar-refractivity contribution in [2.24, 2.45) is 0 Å². The minimum absolute atomic E-state index is 0.111. The number of hydrogen-bond donors (Lipinski definition) is 1. The van der Waals surface area contributed by atoms with Gasteiger partial charge in [0, 0.05) is 38.6 Å². The zero-order valence-corrected chi connectivity index (χ0v) is 16.3. The quantitative estimate of drug-likeness (QED) is 0.867. The molecule has 8 heteroatoms. The van der Waals surface area contributed by atoms with Crippen molar-refractivity contribution >= 4 is 21.6 Å². The van der Waals surface area contributed by atoms with Crippen molar-refractivity contribution in [3.63, 3.8) is 0 Å². The van der Waals surface area contributed by atoms with Gasteiger partial charge in [-0.3, -0.25) is 4.98 Å². The van der Waals surface area contributed by atoms with Crippen LogP contribution >= 0.6 is 0 Å². The van der Waals surface area contributed by atoms with E-state index in [1.807, 2.05) is 25.3 Å². The second kappa shape index (κ2) is 7.96. The Morgan fingerprint density at radius 1 is 1.11 bits per heavy atom. The zero-order valence-electron chi connectivity index (χ0n) is 15.5. The molecule has 144 valence electrons. The lowest BCUT2D eigenvalue weighted by molar-refractivity contribution is 0.191. The molecule has 2 heterocycles. The molecule has 0 aliphatic carbocycles. The molecule has 2 aromatic rings. The molecule has 2 amide bonds. The second-order valence-corrected chi connectivity index (χ2v) is 8.71. The van der Waals surface area contributed by atoms with Crippen LogP contribution in [0.4, 0.5) is 10.5 Å². The molecule has 1 N–H and O–H groups in total. The molecule has 0 saturated carbocycles. The first kappa shape index (κ1) is 19.2. The molecule has 1 saturated heterocycles. The third kappa shape index (κ3) is 4.77. The largest absolute Gasteiger partial charge is 0.367 e. The molecule has 1 fully saturated rings. The van der Waals surface area contributed by atoms with E-state index in [1.165, 1.54) is 6.26 Å². The predicted octanol–water partition coefficient (Wildman–Crippen LogP) is 2.08. The summed E-state index contributed by atoms with van der Waals surface area (Å²) in [6.07, 6.45) is 4.76. The van der Waals surface area contributed by atoms with Gasteiger partial charge in [0.15, 0.2) is 9.84 Å². The summed E-state index contributed by atoms with van der Waals surface area (Å²) >= 11 is 0. The number of piperazine rings is 1. The first-order valence-electron chi connectivity index (χ1n) is 8.85. The van der Waals surface area contributed by atoms with Gasteiger partial charge in [-0.1, -0.05) is 12.1 Å². The van der Waals surface area contributed by atoms with E-state index in [0.29, 0.717) is 13.1 Å². The third-order valence-electron chi connectivity index (χ3n) is 4.73. The Labute approximate surface area is 159 Å². The molecule has 7 nitrogen and oxygen atoms in total. The fourth-order valence-corrected chi connectivity index (χ4v) is 3.70. The fourth-order valence-electron chi connectivity index (χ4n) is 3.07. The highest BCUT2D eigenvalue weighted by Gasteiger charge is 2.22. The van der Waals surface area contributed by atoms with Gasteiger partial charge in [-0.2, -0.15) is 0 Å². The van der Waals surface area contributed by atoms with Crippen LogP contribution < -0.4 is 10.2 Å². The minimum atomic E-state index is -3.22. The lowest BCUT2D eigenvalue weighted by atomic mass is 10.1. The number of nitrogens with one attached hydrogen (secondary N) is 1. The third-order valence-corrected chi connectivity index (χ3v) is 5.85. The van der Waals surface area contributed by atoms with Crippen molar-refractivity contribution in [1.82, 2.24) is 15.2 Å². The molecular formula is C19H24N4O3S. The van der Waals surface area contributed by atoms with Crippen LogP contribution in [-0.2, 0) is 9.84 Å². The fraction of sp³-hybridized carbons (Fsp3) is 0.368. The maximum Gasteiger partial charge on any atom is 0.317 e. The molecule has 3 rings (SSSR count). The van der Waals surface area contributed by atoms with E-state index in [4.69, 9.17) is 0 Å². The van der Waals surface area contributed by atoms with E-state index in [0.717, 1.165) is 24.3 Å². The molecule has 1 atom stereocenters. The molecule has 1 aromatic heterocycles. The molecule has 27 heavy (non-hydrogen) atoms. The van der Waals surface area contributed by atoms with Crippen LogP contribution in [0.25, 0.3) is 0 Å². The van der Waals surface area contributed by atoms with Gasteiger partial charge in [-0.15, -0.1) is 0 Å². The van der Waals surface area contributed by atoms with E-state index < -0.39 is 9.84 Å². The first-order valence-corrected chi connectivity index (χ1v) is 10.7. The molecule has 1 aliphatic rings. The maximum absolute atomic E-state index is 12.5. The number of amides is 2. The van der Waals surface area contributed by atoms with Crippen LogP contribution in [0, 0.1) is 0 Å². The highest BCUT2D eigenvalue weighted by atomic mass is 32.2. The number of pyridine rings is 1. The highest BCUT2D eigenvalue weighted by molar-refractivity contribution is 7.90. The van der Waals surface area contributed by atoms with Gasteiger partial charge in [-0.05, 0) is 36.8 Å². The number of anilines is 1. The number of rotatable bonds is 4. The summed E-state index contributed by atoms with van der Waals surface area (Å²) in [5, 5.41) is 2.99. The number of hydrogen-bond acceptors (Lipinski definition) is 5. The molecule has 0 bridgehead atoms. The van der Waals surface area contributed by atoms with Gasteiger partial charge in [0.05, 0.1) is 22.8 Å². The lowest BCUT2D eigenvalue weighted by Crippen LogP contribution is -2.52. The number of urea groups is 1. The Kier molecular flexibility index (Phi) is 5.65. The minimum Gasteiger partial charge on any atom is -0.367 e. The van der Waals surface area contributed by atoms with E-state index in [2.05, 4.69) is 15.2 Å². The second-order valence-electron chi connectivity index (χ2n) is 6.70. The normalized spacial score (nSPS) is 16.1.